The third kappa shape index (κ3) is 2.63. The zero-order chi connectivity index (χ0) is 13.9. The largest absolute Gasteiger partial charge is 0.325 e. The molecule has 20 heavy (non-hydrogen) atoms. The van der Waals surface area contributed by atoms with E-state index in [0.717, 1.165) is 17.3 Å². The van der Waals surface area contributed by atoms with Gasteiger partial charge in [0.2, 0.25) is 0 Å². The molecule has 0 atom stereocenters. The van der Waals surface area contributed by atoms with Crippen molar-refractivity contribution in [2.45, 2.75) is 44.6 Å². The molecular weight excluding hydrogens is 246 g/mol. The van der Waals surface area contributed by atoms with Crippen molar-refractivity contribution >= 4 is 0 Å². The van der Waals surface area contributed by atoms with Gasteiger partial charge in [0.25, 0.3) is 0 Å². The molecule has 3 nitrogen and oxygen atoms in total. The molecule has 0 saturated heterocycles. The molecule has 2 aromatic rings. The molecule has 106 valence electrons. The lowest BCUT2D eigenvalue weighted by Crippen LogP contribution is -2.04. The second-order valence-corrected chi connectivity index (χ2v) is 5.81. The van der Waals surface area contributed by atoms with Gasteiger partial charge in [0, 0.05) is 19.2 Å². The van der Waals surface area contributed by atoms with Crippen molar-refractivity contribution in [1.29, 1.82) is 0 Å². The fourth-order valence-electron chi connectivity index (χ4n) is 3.20. The van der Waals surface area contributed by atoms with Crippen LogP contribution in [0.15, 0.2) is 30.3 Å². The summed E-state index contributed by atoms with van der Waals surface area (Å²) in [4.78, 5) is 0. The van der Waals surface area contributed by atoms with Crippen molar-refractivity contribution in [1.82, 2.24) is 9.78 Å². The maximum Gasteiger partial charge on any atom is 0.0926 e. The second-order valence-electron chi connectivity index (χ2n) is 5.81. The minimum atomic E-state index is 0.531. The fraction of sp³-hybridized carbons (Fsp3) is 0.471. The van der Waals surface area contributed by atoms with Crippen LogP contribution in [0.4, 0.5) is 0 Å². The average Bonchev–Trinajstić information content (AvgIpc) is 2.89. The first-order valence-corrected chi connectivity index (χ1v) is 7.61. The monoisotopic (exact) mass is 269 g/mol. The maximum atomic E-state index is 5.70. The molecule has 3 rings (SSSR count). The molecule has 1 aliphatic rings. The van der Waals surface area contributed by atoms with E-state index in [9.17, 15) is 0 Å². The molecule has 0 spiro atoms. The number of nitrogens with two attached hydrogens (primary N) is 1. The van der Waals surface area contributed by atoms with Crippen molar-refractivity contribution in [2.75, 3.05) is 0 Å². The molecule has 0 unspecified atom stereocenters. The van der Waals surface area contributed by atoms with E-state index in [1.54, 1.807) is 0 Å². The fourth-order valence-corrected chi connectivity index (χ4v) is 3.20. The summed E-state index contributed by atoms with van der Waals surface area (Å²) >= 11 is 0. The number of hydrogen-bond donors (Lipinski definition) is 1. The van der Waals surface area contributed by atoms with E-state index in [-0.39, 0.29) is 0 Å². The van der Waals surface area contributed by atoms with E-state index in [4.69, 9.17) is 5.73 Å². The molecule has 1 aromatic carbocycles. The minimum absolute atomic E-state index is 0.531. The summed E-state index contributed by atoms with van der Waals surface area (Å²) in [6, 6.07) is 11.0. The lowest BCUT2D eigenvalue weighted by Gasteiger charge is -2.21. The maximum absolute atomic E-state index is 5.70. The number of hydrogen-bond acceptors (Lipinski definition) is 2. The van der Waals surface area contributed by atoms with Crippen LogP contribution in [-0.2, 0) is 13.6 Å². The minimum Gasteiger partial charge on any atom is -0.325 e. The summed E-state index contributed by atoms with van der Waals surface area (Å²) in [5, 5.41) is 4.53. The van der Waals surface area contributed by atoms with E-state index in [1.807, 2.05) is 11.7 Å². The molecule has 1 saturated carbocycles. The van der Waals surface area contributed by atoms with Gasteiger partial charge in [-0.25, -0.2) is 0 Å². The summed E-state index contributed by atoms with van der Waals surface area (Å²) in [5.41, 5.74) is 10.5. The highest BCUT2D eigenvalue weighted by Gasteiger charge is 2.15. The number of aromatic nitrogens is 2. The van der Waals surface area contributed by atoms with Crippen LogP contribution in [0, 0.1) is 0 Å². The van der Waals surface area contributed by atoms with E-state index in [1.165, 1.54) is 43.2 Å². The van der Waals surface area contributed by atoms with Crippen molar-refractivity contribution in [3.63, 3.8) is 0 Å². The summed E-state index contributed by atoms with van der Waals surface area (Å²) in [6.07, 6.45) is 6.87. The van der Waals surface area contributed by atoms with E-state index in [0.29, 0.717) is 6.54 Å². The first-order valence-electron chi connectivity index (χ1n) is 7.61. The Morgan fingerprint density at radius 3 is 2.45 bits per heavy atom. The molecule has 1 fully saturated rings. The predicted octanol–water partition coefficient (Wildman–Crippen LogP) is 3.59. The van der Waals surface area contributed by atoms with Crippen LogP contribution in [0.3, 0.4) is 0 Å². The van der Waals surface area contributed by atoms with Gasteiger partial charge in [-0.1, -0.05) is 43.5 Å². The molecule has 1 aliphatic carbocycles. The average molecular weight is 269 g/mol. The Morgan fingerprint density at radius 1 is 1.15 bits per heavy atom. The Bertz CT molecular complexity index is 562. The number of rotatable bonds is 3. The van der Waals surface area contributed by atoms with E-state index < -0.39 is 0 Å². The van der Waals surface area contributed by atoms with Crippen molar-refractivity contribution < 1.29 is 0 Å². The van der Waals surface area contributed by atoms with Crippen LogP contribution in [0.2, 0.25) is 0 Å². The zero-order valence-corrected chi connectivity index (χ0v) is 12.2. The topological polar surface area (TPSA) is 43.8 Å². The highest BCUT2D eigenvalue weighted by molar-refractivity contribution is 5.60. The molecule has 3 heteroatoms. The lowest BCUT2D eigenvalue weighted by atomic mass is 9.84. The Labute approximate surface area is 120 Å². The molecule has 0 bridgehead atoms. The highest BCUT2D eigenvalue weighted by Crippen LogP contribution is 2.33. The first-order chi connectivity index (χ1) is 9.78. The van der Waals surface area contributed by atoms with Gasteiger partial charge < -0.3 is 5.73 Å². The quantitative estimate of drug-likeness (QED) is 0.925. The van der Waals surface area contributed by atoms with Gasteiger partial charge >= 0.3 is 0 Å². The van der Waals surface area contributed by atoms with Crippen LogP contribution < -0.4 is 5.73 Å². The van der Waals surface area contributed by atoms with Gasteiger partial charge in [-0.05, 0) is 30.4 Å². The lowest BCUT2D eigenvalue weighted by molar-refractivity contribution is 0.443. The highest BCUT2D eigenvalue weighted by atomic mass is 15.3. The zero-order valence-electron chi connectivity index (χ0n) is 12.2. The number of nitrogens with zero attached hydrogens (tertiary/aromatic N) is 2. The smallest absolute Gasteiger partial charge is 0.0926 e. The summed E-state index contributed by atoms with van der Waals surface area (Å²) < 4.78 is 1.87. The Morgan fingerprint density at radius 2 is 1.85 bits per heavy atom. The second kappa shape index (κ2) is 5.80. The molecular formula is C17H23N3. The van der Waals surface area contributed by atoms with Gasteiger partial charge in [0.1, 0.15) is 0 Å². The molecule has 1 aromatic heterocycles. The van der Waals surface area contributed by atoms with Gasteiger partial charge in [-0.15, -0.1) is 0 Å². The van der Waals surface area contributed by atoms with Crippen molar-refractivity contribution in [3.05, 3.63) is 41.6 Å². The summed E-state index contributed by atoms with van der Waals surface area (Å²) in [6.45, 7) is 0.531. The van der Waals surface area contributed by atoms with Crippen LogP contribution in [0.1, 0.15) is 49.3 Å². The van der Waals surface area contributed by atoms with E-state index >= 15 is 0 Å². The van der Waals surface area contributed by atoms with Gasteiger partial charge in [0.15, 0.2) is 0 Å². The predicted molar refractivity (Wildman–Crippen MR) is 82.4 cm³/mol. The van der Waals surface area contributed by atoms with Crippen LogP contribution >= 0.6 is 0 Å². The molecule has 1 heterocycles. The number of aryl methyl sites for hydroxylation is 1. The van der Waals surface area contributed by atoms with Gasteiger partial charge in [-0.2, -0.15) is 5.10 Å². The van der Waals surface area contributed by atoms with Crippen molar-refractivity contribution in [3.8, 4) is 11.3 Å². The SMILES string of the molecule is Cn1nc(-c2ccc(C3CCCCC3)cc2)cc1CN. The van der Waals surface area contributed by atoms with Crippen LogP contribution in [0.25, 0.3) is 11.3 Å². The Hall–Kier alpha value is -1.61. The van der Waals surface area contributed by atoms with Crippen LogP contribution in [0.5, 0.6) is 0 Å². The number of benzene rings is 1. The summed E-state index contributed by atoms with van der Waals surface area (Å²) in [5.74, 6) is 0.765. The third-order valence-electron chi connectivity index (χ3n) is 4.47. The normalized spacial score (nSPS) is 16.5. The van der Waals surface area contributed by atoms with E-state index in [2.05, 4.69) is 35.4 Å². The summed E-state index contributed by atoms with van der Waals surface area (Å²) in [7, 11) is 1.95. The molecule has 0 radical (unpaired) electrons. The molecule has 0 aliphatic heterocycles. The van der Waals surface area contributed by atoms with Gasteiger partial charge in [-0.3, -0.25) is 4.68 Å². The third-order valence-corrected chi connectivity index (χ3v) is 4.47. The molecule has 0 amide bonds. The molecule has 2 N–H and O–H groups in total. The first kappa shape index (κ1) is 13.4. The standard InChI is InChI=1S/C17H23N3/c1-20-16(12-18)11-17(19-20)15-9-7-14(8-10-15)13-5-3-2-4-6-13/h7-11,13H,2-6,12,18H2,1H3. The Balaban J connectivity index is 1.81. The van der Waals surface area contributed by atoms with Gasteiger partial charge in [0.05, 0.1) is 11.4 Å². The van der Waals surface area contributed by atoms with Crippen molar-refractivity contribution in [2.24, 2.45) is 12.8 Å². The Kier molecular flexibility index (Phi) is 3.88. The van der Waals surface area contributed by atoms with Crippen LogP contribution in [-0.4, -0.2) is 9.78 Å².